The van der Waals surface area contributed by atoms with Crippen molar-refractivity contribution < 1.29 is 9.59 Å². The fourth-order valence-corrected chi connectivity index (χ4v) is 2.18. The summed E-state index contributed by atoms with van der Waals surface area (Å²) in [6.45, 7) is 3.43. The van der Waals surface area contributed by atoms with E-state index in [4.69, 9.17) is 0 Å². The SMILES string of the molecule is CC(=O)c1cccc(NC(=O)CC2CCNC2)c1.Cl. The van der Waals surface area contributed by atoms with Crippen LogP contribution in [0.25, 0.3) is 0 Å². The molecule has 1 heterocycles. The number of hydrogen-bond acceptors (Lipinski definition) is 3. The van der Waals surface area contributed by atoms with E-state index in [1.54, 1.807) is 24.3 Å². The highest BCUT2D eigenvalue weighted by Gasteiger charge is 2.18. The molecule has 1 fully saturated rings. The normalized spacial score (nSPS) is 17.6. The molecule has 104 valence electrons. The van der Waals surface area contributed by atoms with Crippen LogP contribution in [0.5, 0.6) is 0 Å². The first-order chi connectivity index (χ1) is 8.65. The van der Waals surface area contributed by atoms with Crippen LogP contribution >= 0.6 is 12.4 Å². The van der Waals surface area contributed by atoms with Gasteiger partial charge in [0.05, 0.1) is 0 Å². The number of Topliss-reactive ketones (excluding diaryl/α,β-unsaturated/α-hetero) is 1. The molecule has 1 saturated heterocycles. The number of ketones is 1. The number of amides is 1. The van der Waals surface area contributed by atoms with Crippen molar-refractivity contribution in [3.63, 3.8) is 0 Å². The van der Waals surface area contributed by atoms with Gasteiger partial charge in [-0.3, -0.25) is 9.59 Å². The minimum Gasteiger partial charge on any atom is -0.326 e. The standard InChI is InChI=1S/C14H18N2O2.ClH/c1-10(17)12-3-2-4-13(8-12)16-14(18)7-11-5-6-15-9-11;/h2-4,8,11,15H,5-7,9H2,1H3,(H,16,18);1H. The lowest BCUT2D eigenvalue weighted by Gasteiger charge is -2.09. The first-order valence-electron chi connectivity index (χ1n) is 6.27. The highest BCUT2D eigenvalue weighted by Crippen LogP contribution is 2.15. The zero-order chi connectivity index (χ0) is 13.0. The second-order valence-corrected chi connectivity index (χ2v) is 4.75. The van der Waals surface area contributed by atoms with Crippen LogP contribution in [-0.4, -0.2) is 24.8 Å². The zero-order valence-corrected chi connectivity index (χ0v) is 11.8. The molecule has 1 atom stereocenters. The molecule has 0 radical (unpaired) electrons. The molecular formula is C14H19ClN2O2. The number of anilines is 1. The van der Waals surface area contributed by atoms with Crippen molar-refractivity contribution >= 4 is 29.8 Å². The fourth-order valence-electron chi connectivity index (χ4n) is 2.18. The Morgan fingerprint density at radius 3 is 2.84 bits per heavy atom. The maximum atomic E-state index is 11.8. The van der Waals surface area contributed by atoms with Crippen LogP contribution in [0.1, 0.15) is 30.1 Å². The Labute approximate surface area is 119 Å². The van der Waals surface area contributed by atoms with Crippen molar-refractivity contribution in [1.29, 1.82) is 0 Å². The van der Waals surface area contributed by atoms with E-state index in [2.05, 4.69) is 10.6 Å². The molecule has 1 unspecified atom stereocenters. The number of benzene rings is 1. The molecule has 1 aromatic carbocycles. The van der Waals surface area contributed by atoms with Gasteiger partial charge >= 0.3 is 0 Å². The van der Waals surface area contributed by atoms with Crippen molar-refractivity contribution in [1.82, 2.24) is 5.32 Å². The van der Waals surface area contributed by atoms with Gasteiger partial charge in [0.2, 0.25) is 5.91 Å². The number of halogens is 1. The van der Waals surface area contributed by atoms with Crippen LogP contribution < -0.4 is 10.6 Å². The minimum absolute atomic E-state index is 0. The summed E-state index contributed by atoms with van der Waals surface area (Å²) < 4.78 is 0. The molecule has 0 bridgehead atoms. The van der Waals surface area contributed by atoms with E-state index < -0.39 is 0 Å². The molecule has 2 N–H and O–H groups in total. The highest BCUT2D eigenvalue weighted by molar-refractivity contribution is 5.97. The minimum atomic E-state index is 0. The second-order valence-electron chi connectivity index (χ2n) is 4.75. The van der Waals surface area contributed by atoms with Crippen molar-refractivity contribution in [2.75, 3.05) is 18.4 Å². The third-order valence-corrected chi connectivity index (χ3v) is 3.19. The first-order valence-corrected chi connectivity index (χ1v) is 6.27. The van der Waals surface area contributed by atoms with Crippen molar-refractivity contribution in [3.8, 4) is 0 Å². The number of carbonyl (C=O) groups excluding carboxylic acids is 2. The topological polar surface area (TPSA) is 58.2 Å². The van der Waals surface area contributed by atoms with E-state index in [0.29, 0.717) is 23.6 Å². The van der Waals surface area contributed by atoms with Gasteiger partial charge in [-0.2, -0.15) is 0 Å². The molecule has 0 aromatic heterocycles. The molecule has 0 saturated carbocycles. The average Bonchev–Trinajstić information content (AvgIpc) is 2.82. The van der Waals surface area contributed by atoms with Crippen molar-refractivity contribution in [3.05, 3.63) is 29.8 Å². The summed E-state index contributed by atoms with van der Waals surface area (Å²) in [7, 11) is 0. The Morgan fingerprint density at radius 1 is 1.42 bits per heavy atom. The summed E-state index contributed by atoms with van der Waals surface area (Å²) in [5.41, 5.74) is 1.31. The van der Waals surface area contributed by atoms with E-state index >= 15 is 0 Å². The number of hydrogen-bond donors (Lipinski definition) is 2. The Balaban J connectivity index is 0.00000180. The number of nitrogens with one attached hydrogen (secondary N) is 2. The van der Waals surface area contributed by atoms with E-state index in [1.165, 1.54) is 6.92 Å². The molecular weight excluding hydrogens is 264 g/mol. The van der Waals surface area contributed by atoms with Gasteiger partial charge in [0, 0.05) is 17.7 Å². The molecule has 1 amide bonds. The van der Waals surface area contributed by atoms with Gasteiger partial charge < -0.3 is 10.6 Å². The van der Waals surface area contributed by atoms with E-state index in [9.17, 15) is 9.59 Å². The van der Waals surface area contributed by atoms with Gasteiger partial charge in [-0.05, 0) is 44.5 Å². The fraction of sp³-hybridized carbons (Fsp3) is 0.429. The van der Waals surface area contributed by atoms with Gasteiger partial charge in [0.1, 0.15) is 0 Å². The monoisotopic (exact) mass is 282 g/mol. The maximum Gasteiger partial charge on any atom is 0.224 e. The number of rotatable bonds is 4. The largest absolute Gasteiger partial charge is 0.326 e. The van der Waals surface area contributed by atoms with Gasteiger partial charge in [0.25, 0.3) is 0 Å². The third-order valence-electron chi connectivity index (χ3n) is 3.19. The van der Waals surface area contributed by atoms with Gasteiger partial charge in [-0.25, -0.2) is 0 Å². The summed E-state index contributed by atoms with van der Waals surface area (Å²) in [5.74, 6) is 0.455. The quantitative estimate of drug-likeness (QED) is 0.833. The number of carbonyl (C=O) groups is 2. The molecule has 1 aromatic rings. The van der Waals surface area contributed by atoms with Gasteiger partial charge in [0.15, 0.2) is 5.78 Å². The Bertz CT molecular complexity index is 457. The average molecular weight is 283 g/mol. The van der Waals surface area contributed by atoms with Crippen LogP contribution in [0.4, 0.5) is 5.69 Å². The van der Waals surface area contributed by atoms with E-state index in [0.717, 1.165) is 19.5 Å². The predicted molar refractivity (Wildman–Crippen MR) is 77.9 cm³/mol. The molecule has 1 aliphatic heterocycles. The van der Waals surface area contributed by atoms with E-state index in [-0.39, 0.29) is 24.1 Å². The maximum absolute atomic E-state index is 11.8. The smallest absolute Gasteiger partial charge is 0.224 e. The van der Waals surface area contributed by atoms with Gasteiger partial charge in [-0.1, -0.05) is 12.1 Å². The lowest BCUT2D eigenvalue weighted by atomic mass is 10.0. The molecule has 0 spiro atoms. The lowest BCUT2D eigenvalue weighted by Crippen LogP contribution is -2.18. The summed E-state index contributed by atoms with van der Waals surface area (Å²) in [6, 6.07) is 7.05. The first kappa shape index (κ1) is 15.7. The summed E-state index contributed by atoms with van der Waals surface area (Å²) in [4.78, 5) is 23.1. The predicted octanol–water partition coefficient (Wildman–Crippen LogP) is 2.25. The van der Waals surface area contributed by atoms with Crippen LogP contribution in [0.3, 0.4) is 0 Å². The Kier molecular flexibility index (Phi) is 5.99. The van der Waals surface area contributed by atoms with E-state index in [1.807, 2.05) is 0 Å². The van der Waals surface area contributed by atoms with Crippen LogP contribution in [0.2, 0.25) is 0 Å². The molecule has 0 aliphatic carbocycles. The Hall–Kier alpha value is -1.39. The second kappa shape index (κ2) is 7.26. The third kappa shape index (κ3) is 4.65. The van der Waals surface area contributed by atoms with Crippen molar-refractivity contribution in [2.24, 2.45) is 5.92 Å². The summed E-state index contributed by atoms with van der Waals surface area (Å²) >= 11 is 0. The molecule has 19 heavy (non-hydrogen) atoms. The van der Waals surface area contributed by atoms with Gasteiger partial charge in [-0.15, -0.1) is 12.4 Å². The molecule has 5 heteroatoms. The van der Waals surface area contributed by atoms with Crippen molar-refractivity contribution in [2.45, 2.75) is 19.8 Å². The van der Waals surface area contributed by atoms with Crippen LogP contribution in [0, 0.1) is 5.92 Å². The zero-order valence-electron chi connectivity index (χ0n) is 10.9. The van der Waals surface area contributed by atoms with Crippen LogP contribution in [-0.2, 0) is 4.79 Å². The Morgan fingerprint density at radius 2 is 2.21 bits per heavy atom. The highest BCUT2D eigenvalue weighted by atomic mass is 35.5. The molecule has 4 nitrogen and oxygen atoms in total. The lowest BCUT2D eigenvalue weighted by molar-refractivity contribution is -0.116. The molecule has 1 aliphatic rings. The summed E-state index contributed by atoms with van der Waals surface area (Å²) in [5, 5.41) is 6.09. The van der Waals surface area contributed by atoms with Crippen LogP contribution in [0.15, 0.2) is 24.3 Å². The summed E-state index contributed by atoms with van der Waals surface area (Å²) in [6.07, 6.45) is 1.60. The molecule has 2 rings (SSSR count).